The lowest BCUT2D eigenvalue weighted by atomic mass is 10.1. The fraction of sp³-hybridized carbons (Fsp3) is 0.368. The van der Waals surface area contributed by atoms with Crippen LogP contribution in [0.3, 0.4) is 0 Å². The summed E-state index contributed by atoms with van der Waals surface area (Å²) in [5, 5.41) is 11.7. The number of rotatable bonds is 8. The third kappa shape index (κ3) is 4.97. The van der Waals surface area contributed by atoms with E-state index in [4.69, 9.17) is 9.47 Å². The van der Waals surface area contributed by atoms with Crippen molar-refractivity contribution in [3.63, 3.8) is 0 Å². The number of methoxy groups -OCH3 is 2. The van der Waals surface area contributed by atoms with E-state index in [0.29, 0.717) is 41.5 Å². The summed E-state index contributed by atoms with van der Waals surface area (Å²) in [5.41, 5.74) is 1.86. The molecule has 0 spiro atoms. The largest absolute Gasteiger partial charge is 0.573 e. The SMILES string of the molecule is CCCc1nnnn1-c1ccc(Cc2ccc(OC(F)(F)F)cc2OC)nc1OC. The first kappa shape index (κ1) is 21.3. The first-order chi connectivity index (χ1) is 14.3. The van der Waals surface area contributed by atoms with Crippen molar-refractivity contribution in [3.8, 4) is 23.1 Å². The van der Waals surface area contributed by atoms with E-state index in [0.717, 1.165) is 6.42 Å². The fourth-order valence-corrected chi connectivity index (χ4v) is 2.92. The van der Waals surface area contributed by atoms with Crippen molar-refractivity contribution in [3.05, 3.63) is 47.4 Å². The molecule has 0 saturated carbocycles. The Morgan fingerprint density at radius 1 is 1.07 bits per heavy atom. The van der Waals surface area contributed by atoms with Crippen molar-refractivity contribution in [2.24, 2.45) is 0 Å². The van der Waals surface area contributed by atoms with Gasteiger partial charge < -0.3 is 14.2 Å². The number of ether oxygens (including phenoxy) is 3. The molecule has 0 aliphatic carbocycles. The van der Waals surface area contributed by atoms with Crippen LogP contribution in [-0.4, -0.2) is 45.8 Å². The van der Waals surface area contributed by atoms with Gasteiger partial charge in [0.15, 0.2) is 5.82 Å². The van der Waals surface area contributed by atoms with E-state index >= 15 is 0 Å². The van der Waals surface area contributed by atoms with Gasteiger partial charge in [-0.1, -0.05) is 13.0 Å². The molecule has 0 bridgehead atoms. The highest BCUT2D eigenvalue weighted by atomic mass is 19.4. The maximum atomic E-state index is 12.4. The molecule has 0 saturated heterocycles. The van der Waals surface area contributed by atoms with E-state index in [1.54, 1.807) is 16.8 Å². The van der Waals surface area contributed by atoms with Gasteiger partial charge in [0.25, 0.3) is 0 Å². The molecule has 3 aromatic rings. The Morgan fingerprint density at radius 2 is 1.87 bits per heavy atom. The normalized spacial score (nSPS) is 11.4. The summed E-state index contributed by atoms with van der Waals surface area (Å²) in [7, 11) is 2.86. The molecule has 0 aliphatic heterocycles. The zero-order valence-corrected chi connectivity index (χ0v) is 16.6. The molecule has 0 fully saturated rings. The molecule has 8 nitrogen and oxygen atoms in total. The minimum atomic E-state index is -4.77. The fourth-order valence-electron chi connectivity index (χ4n) is 2.92. The third-order valence-electron chi connectivity index (χ3n) is 4.19. The average Bonchev–Trinajstić information content (AvgIpc) is 3.16. The summed E-state index contributed by atoms with van der Waals surface area (Å²) < 4.78 is 53.4. The highest BCUT2D eigenvalue weighted by Crippen LogP contribution is 2.31. The van der Waals surface area contributed by atoms with Gasteiger partial charge in [-0.3, -0.25) is 0 Å². The topological polar surface area (TPSA) is 84.2 Å². The molecule has 0 N–H and O–H groups in total. The van der Waals surface area contributed by atoms with Crippen LogP contribution in [0.4, 0.5) is 13.2 Å². The molecular formula is C19H20F3N5O3. The first-order valence-electron chi connectivity index (χ1n) is 9.08. The van der Waals surface area contributed by atoms with Gasteiger partial charge in [-0.2, -0.15) is 4.68 Å². The van der Waals surface area contributed by atoms with Crippen molar-refractivity contribution < 1.29 is 27.4 Å². The Labute approximate surface area is 170 Å². The molecule has 160 valence electrons. The van der Waals surface area contributed by atoms with Crippen LogP contribution in [0.2, 0.25) is 0 Å². The first-order valence-corrected chi connectivity index (χ1v) is 9.08. The van der Waals surface area contributed by atoms with Gasteiger partial charge in [-0.25, -0.2) is 4.98 Å². The zero-order valence-electron chi connectivity index (χ0n) is 16.6. The summed E-state index contributed by atoms with van der Waals surface area (Å²) in [6.07, 6.45) is -2.89. The van der Waals surface area contributed by atoms with Gasteiger partial charge in [0.05, 0.1) is 14.2 Å². The number of halogens is 3. The van der Waals surface area contributed by atoms with Crippen LogP contribution in [0.25, 0.3) is 5.69 Å². The molecule has 3 rings (SSSR count). The van der Waals surface area contributed by atoms with Gasteiger partial charge in [0.2, 0.25) is 5.88 Å². The number of tetrazole rings is 1. The monoisotopic (exact) mass is 423 g/mol. The van der Waals surface area contributed by atoms with E-state index in [1.807, 2.05) is 6.92 Å². The average molecular weight is 423 g/mol. The number of aromatic nitrogens is 5. The Kier molecular flexibility index (Phi) is 6.38. The van der Waals surface area contributed by atoms with Crippen molar-refractivity contribution in [2.45, 2.75) is 32.5 Å². The van der Waals surface area contributed by atoms with Gasteiger partial charge in [-0.05, 0) is 35.0 Å². The van der Waals surface area contributed by atoms with Gasteiger partial charge in [-0.15, -0.1) is 18.3 Å². The molecule has 0 atom stereocenters. The predicted molar refractivity (Wildman–Crippen MR) is 100.0 cm³/mol. The smallest absolute Gasteiger partial charge is 0.496 e. The lowest BCUT2D eigenvalue weighted by Crippen LogP contribution is -2.17. The van der Waals surface area contributed by atoms with Crippen LogP contribution in [0.5, 0.6) is 17.4 Å². The molecule has 11 heteroatoms. The summed E-state index contributed by atoms with van der Waals surface area (Å²) in [6, 6.07) is 7.48. The van der Waals surface area contributed by atoms with Gasteiger partial charge >= 0.3 is 6.36 Å². The third-order valence-corrected chi connectivity index (χ3v) is 4.19. The van der Waals surface area contributed by atoms with E-state index in [1.165, 1.54) is 32.4 Å². The molecule has 2 aromatic heterocycles. The Hall–Kier alpha value is -3.37. The number of nitrogens with zero attached hydrogens (tertiary/aromatic N) is 5. The molecule has 30 heavy (non-hydrogen) atoms. The summed E-state index contributed by atoms with van der Waals surface area (Å²) >= 11 is 0. The minimum absolute atomic E-state index is 0.257. The van der Waals surface area contributed by atoms with E-state index in [-0.39, 0.29) is 11.5 Å². The Bertz CT molecular complexity index is 1010. The number of aryl methyl sites for hydroxylation is 1. The minimum Gasteiger partial charge on any atom is -0.496 e. The lowest BCUT2D eigenvalue weighted by molar-refractivity contribution is -0.274. The number of benzene rings is 1. The Balaban J connectivity index is 1.88. The lowest BCUT2D eigenvalue weighted by Gasteiger charge is -2.14. The van der Waals surface area contributed by atoms with Crippen molar-refractivity contribution in [2.75, 3.05) is 14.2 Å². The van der Waals surface area contributed by atoms with Crippen molar-refractivity contribution in [1.82, 2.24) is 25.2 Å². The van der Waals surface area contributed by atoms with Crippen LogP contribution in [0.15, 0.2) is 30.3 Å². The molecule has 0 amide bonds. The van der Waals surface area contributed by atoms with Crippen LogP contribution in [0, 0.1) is 0 Å². The van der Waals surface area contributed by atoms with Crippen LogP contribution < -0.4 is 14.2 Å². The number of alkyl halides is 3. The predicted octanol–water partition coefficient (Wildman–Crippen LogP) is 3.52. The highest BCUT2D eigenvalue weighted by molar-refractivity contribution is 5.46. The molecule has 2 heterocycles. The molecular weight excluding hydrogens is 403 g/mol. The number of pyridine rings is 1. The van der Waals surface area contributed by atoms with Gasteiger partial charge in [0, 0.05) is 30.2 Å². The molecule has 1 aromatic carbocycles. The molecule has 0 aliphatic rings. The molecule has 0 unspecified atom stereocenters. The zero-order chi connectivity index (χ0) is 21.7. The van der Waals surface area contributed by atoms with E-state index in [9.17, 15) is 13.2 Å². The van der Waals surface area contributed by atoms with Crippen molar-refractivity contribution >= 4 is 0 Å². The maximum absolute atomic E-state index is 12.4. The highest BCUT2D eigenvalue weighted by Gasteiger charge is 2.31. The van der Waals surface area contributed by atoms with Crippen molar-refractivity contribution in [1.29, 1.82) is 0 Å². The van der Waals surface area contributed by atoms with Gasteiger partial charge in [0.1, 0.15) is 17.2 Å². The Morgan fingerprint density at radius 3 is 2.53 bits per heavy atom. The summed E-state index contributed by atoms with van der Waals surface area (Å²) in [5.74, 6) is 0.916. The number of hydrogen-bond acceptors (Lipinski definition) is 7. The maximum Gasteiger partial charge on any atom is 0.573 e. The second kappa shape index (κ2) is 8.97. The number of hydrogen-bond donors (Lipinski definition) is 0. The summed E-state index contributed by atoms with van der Waals surface area (Å²) in [6.45, 7) is 2.02. The standard InChI is InChI=1S/C19H20F3N5O3/c1-4-5-17-24-25-26-27(17)15-9-7-13(23-18(15)29-3)10-12-6-8-14(11-16(12)28-2)30-19(20,21)22/h6-9,11H,4-5,10H2,1-3H3. The van der Waals surface area contributed by atoms with Crippen LogP contribution in [0.1, 0.15) is 30.4 Å². The summed E-state index contributed by atoms with van der Waals surface area (Å²) in [4.78, 5) is 4.50. The quantitative estimate of drug-likeness (QED) is 0.548. The van der Waals surface area contributed by atoms with E-state index in [2.05, 4.69) is 25.2 Å². The van der Waals surface area contributed by atoms with Crippen LogP contribution >= 0.6 is 0 Å². The second-order valence-corrected chi connectivity index (χ2v) is 6.29. The van der Waals surface area contributed by atoms with E-state index < -0.39 is 6.36 Å². The second-order valence-electron chi connectivity index (χ2n) is 6.29. The van der Waals surface area contributed by atoms with Crippen LogP contribution in [-0.2, 0) is 12.8 Å². The molecule has 0 radical (unpaired) electrons.